The number of aromatic nitrogens is 1. The third-order valence-corrected chi connectivity index (χ3v) is 5.97. The fraction of sp³-hybridized carbons (Fsp3) is 0.421. The van der Waals surface area contributed by atoms with Gasteiger partial charge in [-0.3, -0.25) is 4.90 Å². The van der Waals surface area contributed by atoms with Gasteiger partial charge in [-0.15, -0.1) is 11.3 Å². The zero-order valence-electron chi connectivity index (χ0n) is 13.4. The smallest absolute Gasteiger partial charge is 0.0997 e. The Morgan fingerprint density at radius 1 is 1.35 bits per heavy atom. The van der Waals surface area contributed by atoms with Gasteiger partial charge in [-0.1, -0.05) is 36.8 Å². The van der Waals surface area contributed by atoms with Crippen molar-refractivity contribution in [1.82, 2.24) is 9.88 Å². The summed E-state index contributed by atoms with van der Waals surface area (Å²) in [5.41, 5.74) is 5.89. The van der Waals surface area contributed by atoms with E-state index in [2.05, 4.69) is 46.5 Å². The average molecular weight is 326 g/mol. The SMILES string of the molecule is CC(C1=C(CCN2CC(O)C2)Cc2ccccc21)c1nccs1. The fourth-order valence-electron chi connectivity index (χ4n) is 3.81. The zero-order chi connectivity index (χ0) is 15.8. The van der Waals surface area contributed by atoms with E-state index in [0.29, 0.717) is 5.92 Å². The summed E-state index contributed by atoms with van der Waals surface area (Å²) in [5.74, 6) is 0.357. The van der Waals surface area contributed by atoms with E-state index in [-0.39, 0.29) is 6.10 Å². The lowest BCUT2D eigenvalue weighted by Gasteiger charge is -2.36. The van der Waals surface area contributed by atoms with Crippen LogP contribution in [0.2, 0.25) is 0 Å². The summed E-state index contributed by atoms with van der Waals surface area (Å²) in [6.45, 7) is 4.99. The van der Waals surface area contributed by atoms with Crippen LogP contribution >= 0.6 is 11.3 Å². The number of nitrogens with zero attached hydrogens (tertiary/aromatic N) is 2. The monoisotopic (exact) mass is 326 g/mol. The van der Waals surface area contributed by atoms with Gasteiger partial charge in [-0.2, -0.15) is 0 Å². The normalized spacial score (nSPS) is 19.7. The molecule has 1 aliphatic heterocycles. The van der Waals surface area contributed by atoms with Crippen molar-refractivity contribution < 1.29 is 5.11 Å². The maximum Gasteiger partial charge on any atom is 0.0997 e. The summed E-state index contributed by atoms with van der Waals surface area (Å²) in [5, 5.41) is 12.7. The molecule has 1 aromatic heterocycles. The van der Waals surface area contributed by atoms with Crippen molar-refractivity contribution in [2.75, 3.05) is 19.6 Å². The maximum absolute atomic E-state index is 9.46. The number of benzene rings is 1. The minimum atomic E-state index is -0.113. The van der Waals surface area contributed by atoms with Gasteiger partial charge in [-0.05, 0) is 29.5 Å². The highest BCUT2D eigenvalue weighted by molar-refractivity contribution is 7.09. The number of allylic oxidation sites excluding steroid dienone is 1. The highest BCUT2D eigenvalue weighted by Crippen LogP contribution is 2.43. The summed E-state index contributed by atoms with van der Waals surface area (Å²) in [6.07, 6.45) is 3.95. The molecule has 0 bridgehead atoms. The molecule has 1 unspecified atom stereocenters. The van der Waals surface area contributed by atoms with Gasteiger partial charge in [0.1, 0.15) is 0 Å². The molecule has 1 atom stereocenters. The van der Waals surface area contributed by atoms with Crippen molar-refractivity contribution in [3.8, 4) is 0 Å². The number of fused-ring (bicyclic) bond motifs is 1. The minimum absolute atomic E-state index is 0.113. The van der Waals surface area contributed by atoms with Gasteiger partial charge in [0.25, 0.3) is 0 Å². The predicted octanol–water partition coefficient (Wildman–Crippen LogP) is 3.32. The topological polar surface area (TPSA) is 36.4 Å². The second-order valence-electron chi connectivity index (χ2n) is 6.61. The van der Waals surface area contributed by atoms with E-state index in [0.717, 1.165) is 32.5 Å². The van der Waals surface area contributed by atoms with E-state index in [1.165, 1.54) is 21.7 Å². The van der Waals surface area contributed by atoms with Crippen LogP contribution in [0, 0.1) is 0 Å². The van der Waals surface area contributed by atoms with Gasteiger partial charge in [-0.25, -0.2) is 4.98 Å². The van der Waals surface area contributed by atoms with Crippen molar-refractivity contribution in [3.63, 3.8) is 0 Å². The summed E-state index contributed by atoms with van der Waals surface area (Å²) >= 11 is 1.75. The Hall–Kier alpha value is -1.49. The van der Waals surface area contributed by atoms with Crippen LogP contribution in [0.5, 0.6) is 0 Å². The first-order valence-electron chi connectivity index (χ1n) is 8.32. The standard InChI is InChI=1S/C19H22N2OS/c1-13(19-20-7-9-23-19)18-15(6-8-21-11-16(22)12-21)10-14-4-2-3-5-17(14)18/h2-5,7,9,13,16,22H,6,8,10-12H2,1H3. The Bertz CT molecular complexity index is 717. The second-order valence-corrected chi connectivity index (χ2v) is 7.53. The molecule has 4 heteroatoms. The number of aliphatic hydroxyl groups is 1. The van der Waals surface area contributed by atoms with Crippen molar-refractivity contribution in [2.24, 2.45) is 0 Å². The second kappa shape index (κ2) is 6.19. The number of thiazole rings is 1. The van der Waals surface area contributed by atoms with Crippen molar-refractivity contribution in [3.05, 3.63) is 57.6 Å². The fourth-order valence-corrected chi connectivity index (χ4v) is 4.51. The molecule has 1 saturated heterocycles. The van der Waals surface area contributed by atoms with E-state index in [4.69, 9.17) is 0 Å². The Morgan fingerprint density at radius 3 is 2.91 bits per heavy atom. The third-order valence-electron chi connectivity index (χ3n) is 5.01. The lowest BCUT2D eigenvalue weighted by atomic mass is 9.92. The highest BCUT2D eigenvalue weighted by atomic mass is 32.1. The first kappa shape index (κ1) is 15.1. The molecule has 23 heavy (non-hydrogen) atoms. The van der Waals surface area contributed by atoms with E-state index >= 15 is 0 Å². The summed E-state index contributed by atoms with van der Waals surface area (Å²) in [4.78, 5) is 6.88. The zero-order valence-corrected chi connectivity index (χ0v) is 14.2. The molecule has 2 aliphatic rings. The Balaban J connectivity index is 1.61. The van der Waals surface area contributed by atoms with Gasteiger partial charge in [0, 0.05) is 37.1 Å². The molecule has 4 rings (SSSR count). The third kappa shape index (κ3) is 2.87. The lowest BCUT2D eigenvalue weighted by molar-refractivity contribution is 0.00307. The van der Waals surface area contributed by atoms with Gasteiger partial charge < -0.3 is 5.11 Å². The van der Waals surface area contributed by atoms with Crippen LogP contribution in [-0.4, -0.2) is 40.7 Å². The molecule has 0 amide bonds. The molecular formula is C19H22N2OS. The highest BCUT2D eigenvalue weighted by Gasteiger charge is 2.29. The Kier molecular flexibility index (Phi) is 4.05. The van der Waals surface area contributed by atoms with Crippen LogP contribution in [-0.2, 0) is 6.42 Å². The molecule has 3 nitrogen and oxygen atoms in total. The van der Waals surface area contributed by atoms with Crippen LogP contribution in [0.25, 0.3) is 5.57 Å². The van der Waals surface area contributed by atoms with E-state index < -0.39 is 0 Å². The predicted molar refractivity (Wildman–Crippen MR) is 94.7 cm³/mol. The average Bonchev–Trinajstić information content (AvgIpc) is 3.17. The maximum atomic E-state index is 9.46. The van der Waals surface area contributed by atoms with Crippen LogP contribution in [0.3, 0.4) is 0 Å². The molecule has 0 saturated carbocycles. The molecule has 0 radical (unpaired) electrons. The van der Waals surface area contributed by atoms with E-state index in [1.807, 2.05) is 6.20 Å². The van der Waals surface area contributed by atoms with Gasteiger partial charge >= 0.3 is 0 Å². The Labute approximate surface area is 141 Å². The molecule has 120 valence electrons. The molecule has 2 heterocycles. The Morgan fingerprint density at radius 2 is 2.17 bits per heavy atom. The molecule has 2 aromatic rings. The lowest BCUT2D eigenvalue weighted by Crippen LogP contribution is -2.50. The summed E-state index contributed by atoms with van der Waals surface area (Å²) < 4.78 is 0. The number of rotatable bonds is 5. The first-order chi connectivity index (χ1) is 11.2. The van der Waals surface area contributed by atoms with Crippen LogP contribution in [0.15, 0.2) is 41.4 Å². The number of hydrogen-bond acceptors (Lipinski definition) is 4. The molecule has 1 N–H and O–H groups in total. The minimum Gasteiger partial charge on any atom is -0.390 e. The van der Waals surface area contributed by atoms with E-state index in [9.17, 15) is 5.11 Å². The number of β-amino-alcohol motifs (C(OH)–C–C–N with tert-alkyl or cyclic N) is 1. The van der Waals surface area contributed by atoms with Crippen molar-refractivity contribution in [1.29, 1.82) is 0 Å². The van der Waals surface area contributed by atoms with Crippen LogP contribution in [0.1, 0.15) is 35.4 Å². The van der Waals surface area contributed by atoms with Gasteiger partial charge in [0.15, 0.2) is 0 Å². The number of likely N-dealkylation sites (tertiary alicyclic amines) is 1. The largest absolute Gasteiger partial charge is 0.390 e. The molecule has 0 spiro atoms. The molecule has 1 aromatic carbocycles. The molecular weight excluding hydrogens is 304 g/mol. The first-order valence-corrected chi connectivity index (χ1v) is 9.20. The van der Waals surface area contributed by atoms with Crippen molar-refractivity contribution in [2.45, 2.75) is 31.8 Å². The van der Waals surface area contributed by atoms with Crippen LogP contribution in [0.4, 0.5) is 0 Å². The summed E-state index contributed by atoms with van der Waals surface area (Å²) in [7, 11) is 0. The van der Waals surface area contributed by atoms with Crippen molar-refractivity contribution >= 4 is 16.9 Å². The molecule has 1 aliphatic carbocycles. The van der Waals surface area contributed by atoms with E-state index in [1.54, 1.807) is 16.9 Å². The van der Waals surface area contributed by atoms with Crippen LogP contribution < -0.4 is 0 Å². The number of hydrogen-bond donors (Lipinski definition) is 1. The summed E-state index contributed by atoms with van der Waals surface area (Å²) in [6, 6.07) is 8.79. The van der Waals surface area contributed by atoms with Gasteiger partial charge in [0.05, 0.1) is 11.1 Å². The number of aliphatic hydroxyl groups excluding tert-OH is 1. The molecule has 1 fully saturated rings. The van der Waals surface area contributed by atoms with Gasteiger partial charge in [0.2, 0.25) is 0 Å². The quantitative estimate of drug-likeness (QED) is 0.916.